The van der Waals surface area contributed by atoms with Crippen LogP contribution >= 0.6 is 0 Å². The zero-order chi connectivity index (χ0) is 20.5. The van der Waals surface area contributed by atoms with Gasteiger partial charge in [-0.15, -0.1) is 24.3 Å². The minimum absolute atomic E-state index is 0. The molecule has 3 heterocycles. The van der Waals surface area contributed by atoms with Crippen LogP contribution in [0.2, 0.25) is 0 Å². The van der Waals surface area contributed by atoms with Crippen LogP contribution in [0.5, 0.6) is 0 Å². The number of ketones is 1. The van der Waals surface area contributed by atoms with Crippen molar-refractivity contribution >= 4 is 33.4 Å². The fraction of sp³-hybridized carbons (Fsp3) is 0.261. The topological polar surface area (TPSA) is 67.5 Å². The Labute approximate surface area is 183 Å². The Kier molecular flexibility index (Phi) is 6.93. The molecule has 4 rings (SSSR count). The van der Waals surface area contributed by atoms with E-state index in [0.29, 0.717) is 0 Å². The normalized spacial score (nSPS) is 11.8. The number of hydrogen-bond acceptors (Lipinski definition) is 4. The first-order valence-electron chi connectivity index (χ1n) is 9.14. The van der Waals surface area contributed by atoms with Crippen LogP contribution < -0.4 is 0 Å². The fourth-order valence-electron chi connectivity index (χ4n) is 3.10. The van der Waals surface area contributed by atoms with E-state index < -0.39 is 0 Å². The Morgan fingerprint density at radius 3 is 2.45 bits per heavy atom. The van der Waals surface area contributed by atoms with Gasteiger partial charge in [0, 0.05) is 43.3 Å². The summed E-state index contributed by atoms with van der Waals surface area (Å²) in [6.45, 7) is 9.42. The molecular formula is C23H24IrN3O2-. The van der Waals surface area contributed by atoms with Crippen molar-refractivity contribution in [3.8, 4) is 0 Å². The summed E-state index contributed by atoms with van der Waals surface area (Å²) in [5.41, 5.74) is 5.00. The van der Waals surface area contributed by atoms with Crippen molar-refractivity contribution in [3.63, 3.8) is 0 Å². The van der Waals surface area contributed by atoms with Crippen LogP contribution in [0, 0.1) is 6.07 Å². The molecule has 0 bridgehead atoms. The van der Waals surface area contributed by atoms with E-state index in [2.05, 4.69) is 37.4 Å². The number of pyridine rings is 2. The Hall–Kier alpha value is -2.56. The number of aliphatic hydroxyl groups excluding tert-OH is 1. The largest absolute Gasteiger partial charge is 0.512 e. The molecule has 0 unspecified atom stereocenters. The maximum Gasteiger partial charge on any atom is 0.155 e. The number of benzene rings is 1. The van der Waals surface area contributed by atoms with Gasteiger partial charge in [0.1, 0.15) is 5.65 Å². The molecule has 0 saturated heterocycles. The number of fused-ring (bicyclic) bond motifs is 5. The van der Waals surface area contributed by atoms with Gasteiger partial charge in [0.2, 0.25) is 0 Å². The maximum atomic E-state index is 10.0. The summed E-state index contributed by atoms with van der Waals surface area (Å²) in [7, 11) is 0. The number of aromatic nitrogens is 3. The van der Waals surface area contributed by atoms with Crippen LogP contribution in [0.3, 0.4) is 0 Å². The van der Waals surface area contributed by atoms with Gasteiger partial charge in [0.05, 0.1) is 17.0 Å². The molecule has 5 nitrogen and oxygen atoms in total. The van der Waals surface area contributed by atoms with Crippen molar-refractivity contribution in [1.29, 1.82) is 0 Å². The number of rotatable bonds is 1. The molecule has 0 aliphatic rings. The van der Waals surface area contributed by atoms with Gasteiger partial charge in [-0.05, 0) is 31.5 Å². The molecule has 1 radical (unpaired) electrons. The quantitative estimate of drug-likeness (QED) is 0.196. The summed E-state index contributed by atoms with van der Waals surface area (Å²) in [6, 6.07) is 15.3. The molecule has 1 aromatic carbocycles. The van der Waals surface area contributed by atoms with E-state index in [-0.39, 0.29) is 37.1 Å². The van der Waals surface area contributed by atoms with Gasteiger partial charge < -0.3 is 14.5 Å². The molecule has 153 valence electrons. The number of hydrogen-bond donors (Lipinski definition) is 1. The van der Waals surface area contributed by atoms with Crippen LogP contribution in [0.1, 0.15) is 40.3 Å². The zero-order valence-corrected chi connectivity index (χ0v) is 19.5. The van der Waals surface area contributed by atoms with Gasteiger partial charge in [0.25, 0.3) is 0 Å². The van der Waals surface area contributed by atoms with E-state index in [1.54, 1.807) is 0 Å². The van der Waals surface area contributed by atoms with E-state index in [1.807, 2.05) is 36.4 Å². The average molecular weight is 567 g/mol. The standard InChI is InChI=1S/C18H16N3.C5H8O2.Ir/c1-18(2,3)17-16-15(12-8-4-5-9-13(12)19-17)20-14-10-6-7-11-21(14)16;1-4(6)3-5(2)7;/h4-7,9-11H,1-3H3;3,6H,1-2H3;/q-1;;. The minimum Gasteiger partial charge on any atom is -0.512 e. The number of allylic oxidation sites excluding steroid dienone is 2. The first-order valence-corrected chi connectivity index (χ1v) is 9.14. The molecule has 0 aliphatic heterocycles. The van der Waals surface area contributed by atoms with Gasteiger partial charge in [-0.3, -0.25) is 9.78 Å². The molecule has 0 amide bonds. The second-order valence-electron chi connectivity index (χ2n) is 7.77. The van der Waals surface area contributed by atoms with Crippen molar-refractivity contribution in [1.82, 2.24) is 14.4 Å². The zero-order valence-electron chi connectivity index (χ0n) is 17.1. The van der Waals surface area contributed by atoms with Crippen LogP contribution in [0.15, 0.2) is 54.4 Å². The summed E-state index contributed by atoms with van der Waals surface area (Å²) in [4.78, 5) is 19.7. The minimum atomic E-state index is -0.125. The second-order valence-corrected chi connectivity index (χ2v) is 7.77. The second kappa shape index (κ2) is 8.85. The Morgan fingerprint density at radius 2 is 1.86 bits per heavy atom. The summed E-state index contributed by atoms with van der Waals surface area (Å²) in [5, 5.41) is 9.35. The molecule has 0 fully saturated rings. The van der Waals surface area contributed by atoms with Crippen molar-refractivity contribution in [2.75, 3.05) is 0 Å². The third kappa shape index (κ3) is 4.89. The number of carbonyl (C=O) groups excluding carboxylic acids is 1. The van der Waals surface area contributed by atoms with Gasteiger partial charge in [-0.2, -0.15) is 0 Å². The summed E-state index contributed by atoms with van der Waals surface area (Å²) >= 11 is 0. The van der Waals surface area contributed by atoms with Gasteiger partial charge >= 0.3 is 0 Å². The molecule has 4 aromatic rings. The third-order valence-corrected chi connectivity index (χ3v) is 4.18. The van der Waals surface area contributed by atoms with Crippen LogP contribution in [-0.4, -0.2) is 25.3 Å². The van der Waals surface area contributed by atoms with Crippen LogP contribution in [-0.2, 0) is 30.3 Å². The van der Waals surface area contributed by atoms with E-state index in [4.69, 9.17) is 15.1 Å². The molecule has 0 aliphatic carbocycles. The third-order valence-electron chi connectivity index (χ3n) is 4.18. The van der Waals surface area contributed by atoms with Gasteiger partial charge in [-0.25, -0.2) is 0 Å². The molecule has 29 heavy (non-hydrogen) atoms. The van der Waals surface area contributed by atoms with Crippen molar-refractivity contribution in [3.05, 3.63) is 66.2 Å². The predicted octanol–water partition coefficient (Wildman–Crippen LogP) is 5.17. The molecular weight excluding hydrogens is 542 g/mol. The van der Waals surface area contributed by atoms with Gasteiger partial charge in [-0.1, -0.05) is 32.2 Å². The first kappa shape index (κ1) is 22.7. The number of aliphatic hydroxyl groups is 1. The monoisotopic (exact) mass is 567 g/mol. The number of nitrogens with zero attached hydrogens (tertiary/aromatic N) is 3. The van der Waals surface area contributed by atoms with Crippen LogP contribution in [0.4, 0.5) is 0 Å². The van der Waals surface area contributed by atoms with Crippen LogP contribution in [0.25, 0.3) is 27.6 Å². The Morgan fingerprint density at radius 1 is 1.14 bits per heavy atom. The Balaban J connectivity index is 0.000000327. The SMILES string of the molecule is CC(=O)C=C(C)O.CC(C)(C)c1nc2ccc[c-]c2c2nc3ccccn3c12.[Ir]. The number of imidazole rings is 1. The average Bonchev–Trinajstić information content (AvgIpc) is 2.99. The van der Waals surface area contributed by atoms with Crippen molar-refractivity contribution in [2.45, 2.75) is 40.0 Å². The predicted molar refractivity (Wildman–Crippen MR) is 113 cm³/mol. The summed E-state index contributed by atoms with van der Waals surface area (Å²) in [6.07, 6.45) is 3.22. The van der Waals surface area contributed by atoms with Crippen molar-refractivity contribution in [2.24, 2.45) is 0 Å². The van der Waals surface area contributed by atoms with E-state index >= 15 is 0 Å². The molecule has 0 saturated carbocycles. The maximum absolute atomic E-state index is 10.0. The molecule has 3 aromatic heterocycles. The molecule has 0 atom stereocenters. The van der Waals surface area contributed by atoms with Crippen molar-refractivity contribution < 1.29 is 30.0 Å². The molecule has 1 N–H and O–H groups in total. The fourth-order valence-corrected chi connectivity index (χ4v) is 3.10. The Bertz CT molecular complexity index is 1200. The summed E-state index contributed by atoms with van der Waals surface area (Å²) < 4.78 is 2.13. The molecule has 0 spiro atoms. The van der Waals surface area contributed by atoms with Gasteiger partial charge in [0.15, 0.2) is 5.78 Å². The molecule has 6 heteroatoms. The smallest absolute Gasteiger partial charge is 0.155 e. The van der Waals surface area contributed by atoms with E-state index in [9.17, 15) is 4.79 Å². The number of carbonyl (C=O) groups is 1. The van der Waals surface area contributed by atoms with E-state index in [1.165, 1.54) is 19.9 Å². The van der Waals surface area contributed by atoms with E-state index in [0.717, 1.165) is 33.3 Å². The summed E-state index contributed by atoms with van der Waals surface area (Å²) in [5.74, 6) is -0.0625. The first-order chi connectivity index (χ1) is 13.2.